The van der Waals surface area contributed by atoms with E-state index in [0.717, 1.165) is 16.9 Å². The number of aromatic nitrogens is 1. The van der Waals surface area contributed by atoms with Gasteiger partial charge in [-0.3, -0.25) is 4.79 Å². The van der Waals surface area contributed by atoms with Crippen LogP contribution in [0, 0.1) is 6.92 Å². The van der Waals surface area contributed by atoms with E-state index in [1.165, 1.54) is 5.38 Å². The highest BCUT2D eigenvalue weighted by molar-refractivity contribution is 7.12. The molecule has 0 saturated carbocycles. The number of rotatable bonds is 5. The highest BCUT2D eigenvalue weighted by atomic mass is 35.5. The zero-order chi connectivity index (χ0) is 14.7. The summed E-state index contributed by atoms with van der Waals surface area (Å²) >= 11 is 6.76. The summed E-state index contributed by atoms with van der Waals surface area (Å²) in [4.78, 5) is 26.1. The van der Waals surface area contributed by atoms with Gasteiger partial charge in [-0.15, -0.1) is 11.3 Å². The largest absolute Gasteiger partial charge is 0.543 e. The lowest BCUT2D eigenvalue weighted by molar-refractivity contribution is -0.255. The summed E-state index contributed by atoms with van der Waals surface area (Å²) in [5.41, 5.74) is 0.556. The van der Waals surface area contributed by atoms with Gasteiger partial charge in [0.05, 0.1) is 11.7 Å². The van der Waals surface area contributed by atoms with E-state index in [1.54, 1.807) is 18.2 Å². The van der Waals surface area contributed by atoms with Crippen LogP contribution in [0.2, 0.25) is 5.02 Å². The maximum absolute atomic E-state index is 11.8. The van der Waals surface area contributed by atoms with Crippen LogP contribution in [0.3, 0.4) is 0 Å². The number of carbonyl (C=O) groups is 2. The summed E-state index contributed by atoms with van der Waals surface area (Å²) in [5, 5.41) is 12.5. The van der Waals surface area contributed by atoms with Gasteiger partial charge >= 0.3 is 0 Å². The van der Waals surface area contributed by atoms with Crippen LogP contribution >= 0.6 is 22.9 Å². The number of carbonyl (C=O) groups excluding carboxylic acids is 2. The minimum absolute atomic E-state index is 0.0795. The van der Waals surface area contributed by atoms with Crippen molar-refractivity contribution in [2.45, 2.75) is 6.92 Å². The molecule has 0 atom stereocenters. The summed E-state index contributed by atoms with van der Waals surface area (Å²) in [7, 11) is 0. The van der Waals surface area contributed by atoms with Crippen molar-refractivity contribution in [2.24, 2.45) is 0 Å². The standard InChI is InChI=1S/C13H10ClNO4S/c1-7-4-8(14)2-3-11(7)19-5-10(16)12-15-9(6-20-12)13(17)18/h2-4,6H,5H2,1H3,(H,17,18)/p-1. The lowest BCUT2D eigenvalue weighted by Crippen LogP contribution is -2.23. The number of ketones is 1. The van der Waals surface area contributed by atoms with Gasteiger partial charge in [0.25, 0.3) is 0 Å². The van der Waals surface area contributed by atoms with Gasteiger partial charge in [0, 0.05) is 10.4 Å². The SMILES string of the molecule is Cc1cc(Cl)ccc1OCC(=O)c1nc(C(=O)[O-])cs1. The second-order valence-electron chi connectivity index (χ2n) is 3.95. The van der Waals surface area contributed by atoms with Crippen molar-refractivity contribution in [1.82, 2.24) is 4.98 Å². The van der Waals surface area contributed by atoms with Gasteiger partial charge in [-0.25, -0.2) is 4.98 Å². The quantitative estimate of drug-likeness (QED) is 0.786. The predicted octanol–water partition coefficient (Wildman–Crippen LogP) is 1.73. The number of hydrogen-bond donors (Lipinski definition) is 0. The summed E-state index contributed by atoms with van der Waals surface area (Å²) in [6.45, 7) is 1.59. The molecule has 0 amide bonds. The van der Waals surface area contributed by atoms with Crippen molar-refractivity contribution in [1.29, 1.82) is 0 Å². The molecule has 0 bridgehead atoms. The van der Waals surface area contributed by atoms with E-state index in [2.05, 4.69) is 4.98 Å². The van der Waals surface area contributed by atoms with E-state index in [-0.39, 0.29) is 17.3 Å². The first-order valence-corrected chi connectivity index (χ1v) is 6.82. The van der Waals surface area contributed by atoms with E-state index in [1.807, 2.05) is 6.92 Å². The zero-order valence-electron chi connectivity index (χ0n) is 10.4. The van der Waals surface area contributed by atoms with Crippen molar-refractivity contribution < 1.29 is 19.4 Å². The van der Waals surface area contributed by atoms with Crippen molar-refractivity contribution in [2.75, 3.05) is 6.61 Å². The summed E-state index contributed by atoms with van der Waals surface area (Å²) in [6, 6.07) is 5.05. The van der Waals surface area contributed by atoms with E-state index in [4.69, 9.17) is 16.3 Å². The molecule has 7 heteroatoms. The Labute approximate surface area is 123 Å². The minimum Gasteiger partial charge on any atom is -0.543 e. The fraction of sp³-hybridized carbons (Fsp3) is 0.154. The number of hydrogen-bond acceptors (Lipinski definition) is 6. The van der Waals surface area contributed by atoms with Crippen LogP contribution < -0.4 is 9.84 Å². The highest BCUT2D eigenvalue weighted by Gasteiger charge is 2.13. The molecule has 2 rings (SSSR count). The smallest absolute Gasteiger partial charge is 0.228 e. The topological polar surface area (TPSA) is 79.3 Å². The van der Waals surface area contributed by atoms with Gasteiger partial charge in [-0.2, -0.15) is 0 Å². The van der Waals surface area contributed by atoms with Crippen LogP contribution in [0.25, 0.3) is 0 Å². The second kappa shape index (κ2) is 6.02. The average molecular weight is 311 g/mol. The summed E-state index contributed by atoms with van der Waals surface area (Å²) < 4.78 is 5.37. The fourth-order valence-corrected chi connectivity index (χ4v) is 2.42. The van der Waals surface area contributed by atoms with Crippen LogP contribution in [0.4, 0.5) is 0 Å². The normalized spacial score (nSPS) is 10.3. The maximum Gasteiger partial charge on any atom is 0.228 e. The molecule has 0 unspecified atom stereocenters. The van der Waals surface area contributed by atoms with Gasteiger partial charge < -0.3 is 14.6 Å². The molecule has 1 heterocycles. The molecule has 104 valence electrons. The molecule has 2 aromatic rings. The van der Waals surface area contributed by atoms with E-state index in [9.17, 15) is 14.7 Å². The van der Waals surface area contributed by atoms with E-state index >= 15 is 0 Å². The molecule has 0 aliphatic rings. The molecule has 5 nitrogen and oxygen atoms in total. The number of ether oxygens (including phenoxy) is 1. The van der Waals surface area contributed by atoms with Gasteiger partial charge in [-0.05, 0) is 30.7 Å². The molecule has 0 fully saturated rings. The summed E-state index contributed by atoms with van der Waals surface area (Å²) in [6.07, 6.45) is 0. The lowest BCUT2D eigenvalue weighted by Gasteiger charge is -2.07. The Morgan fingerprint density at radius 1 is 1.45 bits per heavy atom. The molecule has 0 aliphatic carbocycles. The van der Waals surface area contributed by atoms with Gasteiger partial charge in [0.2, 0.25) is 5.78 Å². The van der Waals surface area contributed by atoms with Gasteiger partial charge in [0.15, 0.2) is 11.6 Å². The number of aromatic carboxylic acids is 1. The molecule has 0 saturated heterocycles. The third-order valence-electron chi connectivity index (χ3n) is 2.45. The minimum atomic E-state index is -1.41. The monoisotopic (exact) mass is 310 g/mol. The first-order valence-electron chi connectivity index (χ1n) is 5.56. The van der Waals surface area contributed by atoms with E-state index in [0.29, 0.717) is 10.8 Å². The third kappa shape index (κ3) is 3.34. The van der Waals surface area contributed by atoms with Crippen LogP contribution in [0.5, 0.6) is 5.75 Å². The van der Waals surface area contributed by atoms with Crippen LogP contribution in [0.1, 0.15) is 25.9 Å². The average Bonchev–Trinajstić information content (AvgIpc) is 2.87. The molecular formula is C13H9ClNO4S-. The van der Waals surface area contributed by atoms with Crippen LogP contribution in [-0.4, -0.2) is 23.3 Å². The second-order valence-corrected chi connectivity index (χ2v) is 5.24. The number of carboxylic acids is 1. The number of halogens is 1. The Kier molecular flexibility index (Phi) is 4.36. The number of thiazole rings is 1. The first kappa shape index (κ1) is 14.5. The molecule has 0 aliphatic heterocycles. The van der Waals surface area contributed by atoms with Crippen molar-refractivity contribution >= 4 is 34.7 Å². The van der Waals surface area contributed by atoms with E-state index < -0.39 is 11.8 Å². The van der Waals surface area contributed by atoms with Crippen molar-refractivity contribution in [3.63, 3.8) is 0 Å². The number of nitrogens with zero attached hydrogens (tertiary/aromatic N) is 1. The molecule has 20 heavy (non-hydrogen) atoms. The van der Waals surface area contributed by atoms with Gasteiger partial charge in [0.1, 0.15) is 5.75 Å². The Morgan fingerprint density at radius 2 is 2.20 bits per heavy atom. The van der Waals surface area contributed by atoms with Crippen molar-refractivity contribution in [3.8, 4) is 5.75 Å². The highest BCUT2D eigenvalue weighted by Crippen LogP contribution is 2.22. The number of benzene rings is 1. The molecule has 1 aromatic heterocycles. The Balaban J connectivity index is 2.02. The summed E-state index contributed by atoms with van der Waals surface area (Å²) in [5.74, 6) is -1.26. The maximum atomic E-state index is 11.8. The molecule has 0 N–H and O–H groups in total. The lowest BCUT2D eigenvalue weighted by atomic mass is 10.2. The molecular weight excluding hydrogens is 302 g/mol. The zero-order valence-corrected chi connectivity index (χ0v) is 12.0. The molecule has 0 spiro atoms. The Bertz CT molecular complexity index is 668. The van der Waals surface area contributed by atoms with Crippen LogP contribution in [0.15, 0.2) is 23.6 Å². The number of aryl methyl sites for hydroxylation is 1. The molecule has 1 aromatic carbocycles. The predicted molar refractivity (Wildman–Crippen MR) is 72.5 cm³/mol. The fourth-order valence-electron chi connectivity index (χ4n) is 1.48. The number of carboxylic acid groups (broad SMARTS) is 1. The Hall–Kier alpha value is -1.92. The van der Waals surface area contributed by atoms with Gasteiger partial charge in [-0.1, -0.05) is 11.6 Å². The Morgan fingerprint density at radius 3 is 2.80 bits per heavy atom. The van der Waals surface area contributed by atoms with Crippen molar-refractivity contribution in [3.05, 3.63) is 44.9 Å². The number of Topliss-reactive ketones (excluding diaryl/α,β-unsaturated/α-hetero) is 1. The third-order valence-corrected chi connectivity index (χ3v) is 3.57. The molecule has 0 radical (unpaired) electrons. The van der Waals surface area contributed by atoms with Crippen LogP contribution in [-0.2, 0) is 0 Å². The first-order chi connectivity index (χ1) is 9.47.